The number of alkyl halides is 3. The molecule has 9 heteroatoms. The van der Waals surface area contributed by atoms with Crippen LogP contribution >= 0.6 is 0 Å². The van der Waals surface area contributed by atoms with Crippen LogP contribution in [0.4, 0.5) is 13.2 Å². The molecule has 0 radical (unpaired) electrons. The van der Waals surface area contributed by atoms with Crippen molar-refractivity contribution in [2.24, 2.45) is 0 Å². The molecule has 240 valence electrons. The van der Waals surface area contributed by atoms with Crippen molar-refractivity contribution in [2.45, 2.75) is 37.8 Å². The minimum Gasteiger partial charge on any atom is -0.490 e. The SMILES string of the molecule is CCOc1ccccc1O[C@@H](c1ccccc1)[C@H]1CNCCO1.CNCCC(Oc1ccc(C(F)(F)F)cc1)c1ccccc1. The minimum atomic E-state index is -4.33. The van der Waals surface area contributed by atoms with Gasteiger partial charge in [0.2, 0.25) is 0 Å². The summed E-state index contributed by atoms with van der Waals surface area (Å²) in [4.78, 5) is 0. The number of halogens is 3. The molecule has 45 heavy (non-hydrogen) atoms. The fourth-order valence-corrected chi connectivity index (χ4v) is 4.86. The Kier molecular flexibility index (Phi) is 13.1. The lowest BCUT2D eigenvalue weighted by Crippen LogP contribution is -2.43. The molecule has 1 aliphatic heterocycles. The highest BCUT2D eigenvalue weighted by atomic mass is 19.4. The van der Waals surface area contributed by atoms with Crippen molar-refractivity contribution in [3.63, 3.8) is 0 Å². The van der Waals surface area contributed by atoms with Gasteiger partial charge in [0.1, 0.15) is 18.0 Å². The lowest BCUT2D eigenvalue weighted by molar-refractivity contribution is -0.137. The number of morpholine rings is 1. The fraction of sp³-hybridized carbons (Fsp3) is 0.333. The first-order valence-electron chi connectivity index (χ1n) is 15.2. The van der Waals surface area contributed by atoms with Gasteiger partial charge in [-0.1, -0.05) is 72.8 Å². The Morgan fingerprint density at radius 3 is 2.02 bits per heavy atom. The third-order valence-electron chi connectivity index (χ3n) is 7.11. The Bertz CT molecular complexity index is 1380. The van der Waals surface area contributed by atoms with Crippen molar-refractivity contribution in [1.29, 1.82) is 0 Å². The molecule has 1 heterocycles. The van der Waals surface area contributed by atoms with E-state index in [-0.39, 0.29) is 18.3 Å². The molecule has 1 fully saturated rings. The van der Waals surface area contributed by atoms with E-state index in [1.54, 1.807) is 0 Å². The van der Waals surface area contributed by atoms with Gasteiger partial charge in [-0.25, -0.2) is 0 Å². The number of ether oxygens (including phenoxy) is 4. The summed E-state index contributed by atoms with van der Waals surface area (Å²) < 4.78 is 61.5. The monoisotopic (exact) mass is 622 g/mol. The summed E-state index contributed by atoms with van der Waals surface area (Å²) in [5.74, 6) is 1.94. The van der Waals surface area contributed by atoms with Crippen LogP contribution in [0.1, 0.15) is 42.2 Å². The summed E-state index contributed by atoms with van der Waals surface area (Å²) in [5.41, 5.74) is 1.43. The largest absolute Gasteiger partial charge is 0.490 e. The van der Waals surface area contributed by atoms with Crippen LogP contribution in [0.15, 0.2) is 109 Å². The predicted molar refractivity (Wildman–Crippen MR) is 170 cm³/mol. The van der Waals surface area contributed by atoms with E-state index >= 15 is 0 Å². The topological polar surface area (TPSA) is 61.0 Å². The molecule has 4 aromatic carbocycles. The van der Waals surface area contributed by atoms with E-state index in [2.05, 4.69) is 22.8 Å². The first kappa shape index (κ1) is 33.8. The Balaban J connectivity index is 0.000000205. The van der Waals surface area contributed by atoms with E-state index < -0.39 is 11.7 Å². The molecular weight excluding hydrogens is 581 g/mol. The van der Waals surface area contributed by atoms with Crippen LogP contribution in [0.3, 0.4) is 0 Å². The second-order valence-electron chi connectivity index (χ2n) is 10.4. The minimum absolute atomic E-state index is 0.0270. The van der Waals surface area contributed by atoms with Gasteiger partial charge in [-0.05, 0) is 68.0 Å². The van der Waals surface area contributed by atoms with Crippen molar-refractivity contribution in [1.82, 2.24) is 10.6 Å². The van der Waals surface area contributed by atoms with E-state index in [0.29, 0.717) is 19.0 Å². The van der Waals surface area contributed by atoms with E-state index in [1.165, 1.54) is 12.1 Å². The van der Waals surface area contributed by atoms with Gasteiger partial charge in [0.05, 0.1) is 18.8 Å². The Morgan fingerprint density at radius 2 is 1.44 bits per heavy atom. The molecule has 0 aromatic heterocycles. The molecule has 1 aliphatic rings. The zero-order chi connectivity index (χ0) is 31.9. The van der Waals surface area contributed by atoms with Crippen LogP contribution in [0.2, 0.25) is 0 Å². The number of hydrogen-bond donors (Lipinski definition) is 2. The number of hydrogen-bond acceptors (Lipinski definition) is 6. The maximum Gasteiger partial charge on any atom is 0.416 e. The van der Waals surface area contributed by atoms with Gasteiger partial charge in [0.25, 0.3) is 0 Å². The number of rotatable bonds is 12. The fourth-order valence-electron chi connectivity index (χ4n) is 4.86. The average molecular weight is 623 g/mol. The van der Waals surface area contributed by atoms with Crippen molar-refractivity contribution in [3.8, 4) is 17.2 Å². The molecule has 6 nitrogen and oxygen atoms in total. The van der Waals surface area contributed by atoms with E-state index in [1.807, 2.05) is 86.8 Å². The predicted octanol–water partition coefficient (Wildman–Crippen LogP) is 7.63. The summed E-state index contributed by atoms with van der Waals surface area (Å²) >= 11 is 0. The van der Waals surface area contributed by atoms with Crippen molar-refractivity contribution < 1.29 is 32.1 Å². The summed E-state index contributed by atoms with van der Waals surface area (Å²) in [5, 5.41) is 6.43. The highest BCUT2D eigenvalue weighted by molar-refractivity contribution is 5.40. The molecule has 4 aromatic rings. The lowest BCUT2D eigenvalue weighted by Gasteiger charge is -2.32. The standard InChI is InChI=1S/C19H23NO3.C17H18F3NO/c1-2-21-16-10-6-7-11-17(16)23-19(15-8-4-3-5-9-15)18-14-20-12-13-22-18;1-21-12-11-16(13-5-3-2-4-6-13)22-15-9-7-14(8-10-15)17(18,19)20/h3-11,18-20H,2,12-14H2,1H3;2-10,16,21H,11-12H2,1H3/t18-,19+;/m1./s1. The highest BCUT2D eigenvalue weighted by Crippen LogP contribution is 2.34. The summed E-state index contributed by atoms with van der Waals surface area (Å²) in [6.45, 7) is 5.69. The maximum absolute atomic E-state index is 12.6. The summed E-state index contributed by atoms with van der Waals surface area (Å²) in [6.07, 6.45) is -4.01. The summed E-state index contributed by atoms with van der Waals surface area (Å²) in [7, 11) is 1.85. The second-order valence-corrected chi connectivity index (χ2v) is 10.4. The summed E-state index contributed by atoms with van der Waals surface area (Å²) in [6, 6.07) is 32.4. The molecule has 2 N–H and O–H groups in total. The molecule has 0 amide bonds. The third-order valence-corrected chi connectivity index (χ3v) is 7.11. The molecule has 1 unspecified atom stereocenters. The van der Waals surface area contributed by atoms with Crippen LogP contribution < -0.4 is 24.8 Å². The molecule has 0 bridgehead atoms. The van der Waals surface area contributed by atoms with E-state index in [4.69, 9.17) is 18.9 Å². The Labute approximate surface area is 263 Å². The van der Waals surface area contributed by atoms with Crippen LogP contribution in [0, 0.1) is 0 Å². The van der Waals surface area contributed by atoms with Crippen LogP contribution in [-0.2, 0) is 10.9 Å². The highest BCUT2D eigenvalue weighted by Gasteiger charge is 2.30. The van der Waals surface area contributed by atoms with Gasteiger partial charge in [-0.2, -0.15) is 13.2 Å². The molecule has 0 aliphatic carbocycles. The molecule has 5 rings (SSSR count). The number of benzene rings is 4. The average Bonchev–Trinajstić information content (AvgIpc) is 3.07. The zero-order valence-corrected chi connectivity index (χ0v) is 25.6. The van der Waals surface area contributed by atoms with Crippen LogP contribution in [0.25, 0.3) is 0 Å². The van der Waals surface area contributed by atoms with E-state index in [9.17, 15) is 13.2 Å². The smallest absolute Gasteiger partial charge is 0.416 e. The zero-order valence-electron chi connectivity index (χ0n) is 25.6. The molecule has 0 spiro atoms. The second kappa shape index (κ2) is 17.4. The first-order chi connectivity index (χ1) is 21.9. The van der Waals surface area contributed by atoms with Crippen molar-refractivity contribution in [2.75, 3.05) is 39.9 Å². The Hall–Kier alpha value is -4.05. The molecule has 1 saturated heterocycles. The van der Waals surface area contributed by atoms with Gasteiger partial charge in [-0.3, -0.25) is 0 Å². The Morgan fingerprint density at radius 1 is 0.822 bits per heavy atom. The number of para-hydroxylation sites is 2. The maximum atomic E-state index is 12.6. The number of nitrogens with one attached hydrogen (secondary N) is 2. The van der Waals surface area contributed by atoms with Crippen LogP contribution in [0.5, 0.6) is 17.2 Å². The quantitative estimate of drug-likeness (QED) is 0.170. The van der Waals surface area contributed by atoms with Gasteiger partial charge < -0.3 is 29.6 Å². The van der Waals surface area contributed by atoms with Gasteiger partial charge >= 0.3 is 6.18 Å². The van der Waals surface area contributed by atoms with Crippen molar-refractivity contribution in [3.05, 3.63) is 126 Å². The van der Waals surface area contributed by atoms with E-state index in [0.717, 1.165) is 60.8 Å². The van der Waals surface area contributed by atoms with Crippen molar-refractivity contribution >= 4 is 0 Å². The lowest BCUT2D eigenvalue weighted by atomic mass is 10.0. The van der Waals surface area contributed by atoms with Gasteiger partial charge in [0, 0.05) is 19.5 Å². The van der Waals surface area contributed by atoms with Gasteiger partial charge in [0.15, 0.2) is 17.6 Å². The van der Waals surface area contributed by atoms with Gasteiger partial charge in [-0.15, -0.1) is 0 Å². The van der Waals surface area contributed by atoms with Crippen LogP contribution in [-0.4, -0.2) is 46.0 Å². The first-order valence-corrected chi connectivity index (χ1v) is 15.2. The third kappa shape index (κ3) is 10.5. The molecule has 0 saturated carbocycles. The molecular formula is C36H41F3N2O4. The normalized spacial score (nSPS) is 16.1. The molecule has 3 atom stereocenters.